The van der Waals surface area contributed by atoms with Crippen molar-refractivity contribution in [1.82, 2.24) is 10.6 Å². The van der Waals surface area contributed by atoms with Gasteiger partial charge in [0.2, 0.25) is 0 Å². The van der Waals surface area contributed by atoms with Crippen LogP contribution >= 0.6 is 0 Å². The van der Waals surface area contributed by atoms with Crippen LogP contribution in [-0.4, -0.2) is 41.4 Å². The molecule has 0 unspecified atom stereocenters. The Hall–Kier alpha value is -1.30. The minimum absolute atomic E-state index is 0.0741. The van der Waals surface area contributed by atoms with E-state index in [-0.39, 0.29) is 5.41 Å². The van der Waals surface area contributed by atoms with Gasteiger partial charge in [-0.05, 0) is 11.3 Å². The van der Waals surface area contributed by atoms with Crippen LogP contribution in [0.15, 0.2) is 0 Å². The Morgan fingerprint density at radius 2 is 1.82 bits per heavy atom. The number of aliphatic carboxylic acids is 1. The topological polar surface area (TPSA) is 98.7 Å². The van der Waals surface area contributed by atoms with E-state index < -0.39 is 24.6 Å². The third-order valence-electron chi connectivity index (χ3n) is 3.05. The van der Waals surface area contributed by atoms with E-state index in [1.807, 2.05) is 27.7 Å². The first kappa shape index (κ1) is 15.7. The van der Waals surface area contributed by atoms with Crippen LogP contribution in [0.1, 0.15) is 27.7 Å². The number of carboxylic acid groups (broad SMARTS) is 1. The standard InChI is InChI=1S/C11H22N2O4/c1-7(2)11(3,4)6-12-10(17)13-8(5-14)9(15)16/h7-8,14H,5-6H2,1-4H3,(H,15,16)(H2,12,13,17)/t8-/m0/s1. The Bertz CT molecular complexity index is 277. The molecule has 1 atom stereocenters. The van der Waals surface area contributed by atoms with Crippen molar-refractivity contribution >= 4 is 12.0 Å². The van der Waals surface area contributed by atoms with Crippen molar-refractivity contribution < 1.29 is 19.8 Å². The smallest absolute Gasteiger partial charge is 0.328 e. The van der Waals surface area contributed by atoms with E-state index in [0.29, 0.717) is 12.5 Å². The summed E-state index contributed by atoms with van der Waals surface area (Å²) < 4.78 is 0. The summed E-state index contributed by atoms with van der Waals surface area (Å²) in [5, 5.41) is 22.2. The Kier molecular flexibility index (Phi) is 5.95. The average Bonchev–Trinajstić information content (AvgIpc) is 2.22. The van der Waals surface area contributed by atoms with Crippen molar-refractivity contribution in [2.45, 2.75) is 33.7 Å². The van der Waals surface area contributed by atoms with Gasteiger partial charge >= 0.3 is 12.0 Å². The van der Waals surface area contributed by atoms with Crippen LogP contribution in [0.2, 0.25) is 0 Å². The van der Waals surface area contributed by atoms with Crippen LogP contribution in [0.4, 0.5) is 4.79 Å². The van der Waals surface area contributed by atoms with Crippen LogP contribution in [0.25, 0.3) is 0 Å². The summed E-state index contributed by atoms with van der Waals surface area (Å²) in [4.78, 5) is 22.0. The normalized spacial score (nSPS) is 13.3. The number of carboxylic acids is 1. The molecule has 100 valence electrons. The Morgan fingerprint density at radius 1 is 1.29 bits per heavy atom. The number of amides is 2. The fraction of sp³-hybridized carbons (Fsp3) is 0.818. The molecule has 0 bridgehead atoms. The van der Waals surface area contributed by atoms with E-state index in [4.69, 9.17) is 10.2 Å². The molecule has 2 amide bonds. The van der Waals surface area contributed by atoms with Crippen molar-refractivity contribution in [3.8, 4) is 0 Å². The van der Waals surface area contributed by atoms with Gasteiger partial charge in [0, 0.05) is 6.54 Å². The molecule has 0 saturated heterocycles. The van der Waals surface area contributed by atoms with Crippen molar-refractivity contribution in [2.75, 3.05) is 13.2 Å². The molecule has 0 spiro atoms. The molecular weight excluding hydrogens is 224 g/mol. The molecule has 0 aromatic carbocycles. The zero-order chi connectivity index (χ0) is 13.6. The number of urea groups is 1. The number of aliphatic hydroxyl groups is 1. The summed E-state index contributed by atoms with van der Waals surface area (Å²) in [5.41, 5.74) is -0.0741. The fourth-order valence-electron chi connectivity index (χ4n) is 0.907. The van der Waals surface area contributed by atoms with Crippen LogP contribution in [0.5, 0.6) is 0 Å². The van der Waals surface area contributed by atoms with Gasteiger partial charge in [0.15, 0.2) is 6.04 Å². The highest BCUT2D eigenvalue weighted by Gasteiger charge is 2.24. The summed E-state index contributed by atoms with van der Waals surface area (Å²) in [6.07, 6.45) is 0. The van der Waals surface area contributed by atoms with Crippen molar-refractivity contribution in [2.24, 2.45) is 11.3 Å². The van der Waals surface area contributed by atoms with Gasteiger partial charge in [0.1, 0.15) is 0 Å². The maximum Gasteiger partial charge on any atom is 0.328 e. The summed E-state index contributed by atoms with van der Waals surface area (Å²) in [6, 6.07) is -1.85. The van der Waals surface area contributed by atoms with E-state index in [1.54, 1.807) is 0 Å². The number of carbonyl (C=O) groups is 2. The van der Waals surface area contributed by atoms with Crippen molar-refractivity contribution in [3.05, 3.63) is 0 Å². The number of hydrogen-bond donors (Lipinski definition) is 4. The number of nitrogens with one attached hydrogen (secondary N) is 2. The molecule has 0 aromatic heterocycles. The minimum Gasteiger partial charge on any atom is -0.480 e. The molecule has 6 nitrogen and oxygen atoms in total. The molecule has 0 aliphatic carbocycles. The highest BCUT2D eigenvalue weighted by Crippen LogP contribution is 2.24. The first-order valence-corrected chi connectivity index (χ1v) is 5.58. The predicted octanol–water partition coefficient (Wildman–Crippen LogP) is 0.413. The molecule has 0 rings (SSSR count). The van der Waals surface area contributed by atoms with Crippen LogP contribution < -0.4 is 10.6 Å². The molecule has 0 aliphatic rings. The molecule has 0 radical (unpaired) electrons. The van der Waals surface area contributed by atoms with E-state index in [0.717, 1.165) is 0 Å². The maximum atomic E-state index is 11.4. The van der Waals surface area contributed by atoms with Gasteiger partial charge < -0.3 is 20.8 Å². The number of hydrogen-bond acceptors (Lipinski definition) is 3. The molecule has 4 N–H and O–H groups in total. The summed E-state index contributed by atoms with van der Waals surface area (Å²) >= 11 is 0. The lowest BCUT2D eigenvalue weighted by Crippen LogP contribution is -2.50. The van der Waals surface area contributed by atoms with Crippen LogP contribution in [-0.2, 0) is 4.79 Å². The van der Waals surface area contributed by atoms with Gasteiger partial charge in [-0.25, -0.2) is 9.59 Å². The quantitative estimate of drug-likeness (QED) is 0.545. The van der Waals surface area contributed by atoms with E-state index >= 15 is 0 Å². The molecule has 0 saturated carbocycles. The zero-order valence-corrected chi connectivity index (χ0v) is 10.8. The van der Waals surface area contributed by atoms with Gasteiger partial charge in [-0.15, -0.1) is 0 Å². The summed E-state index contributed by atoms with van der Waals surface area (Å²) in [5.74, 6) is -0.873. The molecule has 0 aliphatic heterocycles. The third kappa shape index (κ3) is 5.53. The van der Waals surface area contributed by atoms with Crippen LogP contribution in [0.3, 0.4) is 0 Å². The summed E-state index contributed by atoms with van der Waals surface area (Å²) in [6.45, 7) is 7.93. The second-order valence-electron chi connectivity index (χ2n) is 5.04. The lowest BCUT2D eigenvalue weighted by molar-refractivity contribution is -0.140. The van der Waals surface area contributed by atoms with E-state index in [2.05, 4.69) is 10.6 Å². The monoisotopic (exact) mass is 246 g/mol. The highest BCUT2D eigenvalue weighted by molar-refractivity contribution is 5.82. The fourth-order valence-corrected chi connectivity index (χ4v) is 0.907. The predicted molar refractivity (Wildman–Crippen MR) is 63.7 cm³/mol. The van der Waals surface area contributed by atoms with Crippen molar-refractivity contribution in [3.63, 3.8) is 0 Å². The average molecular weight is 246 g/mol. The largest absolute Gasteiger partial charge is 0.480 e. The molecule has 6 heteroatoms. The van der Waals surface area contributed by atoms with Gasteiger partial charge in [-0.2, -0.15) is 0 Å². The lowest BCUT2D eigenvalue weighted by atomic mass is 9.81. The van der Waals surface area contributed by atoms with E-state index in [9.17, 15) is 9.59 Å². The Morgan fingerprint density at radius 3 is 2.18 bits per heavy atom. The Balaban J connectivity index is 4.16. The lowest BCUT2D eigenvalue weighted by Gasteiger charge is -2.29. The molecule has 17 heavy (non-hydrogen) atoms. The Labute approximate surface area is 101 Å². The first-order chi connectivity index (χ1) is 7.70. The van der Waals surface area contributed by atoms with Gasteiger partial charge in [-0.3, -0.25) is 0 Å². The van der Waals surface area contributed by atoms with Gasteiger partial charge in [0.05, 0.1) is 6.61 Å². The maximum absolute atomic E-state index is 11.4. The zero-order valence-electron chi connectivity index (χ0n) is 10.8. The molecule has 0 heterocycles. The second-order valence-corrected chi connectivity index (χ2v) is 5.04. The van der Waals surface area contributed by atoms with Crippen LogP contribution in [0, 0.1) is 11.3 Å². The molecular formula is C11H22N2O4. The SMILES string of the molecule is CC(C)C(C)(C)CNC(=O)N[C@@H](CO)C(=O)O. The number of aliphatic hydroxyl groups excluding tert-OH is 1. The van der Waals surface area contributed by atoms with E-state index in [1.165, 1.54) is 0 Å². The molecule has 0 aromatic rings. The van der Waals surface area contributed by atoms with Gasteiger partial charge in [0.25, 0.3) is 0 Å². The number of rotatable bonds is 6. The minimum atomic E-state index is -1.27. The first-order valence-electron chi connectivity index (χ1n) is 5.58. The third-order valence-corrected chi connectivity index (χ3v) is 3.05. The second kappa shape index (κ2) is 6.44. The number of carbonyl (C=O) groups excluding carboxylic acids is 1. The van der Waals surface area contributed by atoms with Crippen molar-refractivity contribution in [1.29, 1.82) is 0 Å². The van der Waals surface area contributed by atoms with Gasteiger partial charge in [-0.1, -0.05) is 27.7 Å². The summed E-state index contributed by atoms with van der Waals surface area (Å²) in [7, 11) is 0. The highest BCUT2D eigenvalue weighted by atomic mass is 16.4. The molecule has 0 fully saturated rings.